The zero-order valence-electron chi connectivity index (χ0n) is 17.0. The normalized spacial score (nSPS) is 11.1. The standard InChI is InChI=1S/C22H16ClN5O2S2/c1-12-10-18(28(26-12)22-24-16(11-32-22)17-8-5-9-31-17)25-21(29)19-13(2)30-27-20(19)14-6-3-4-7-15(14)23/h3-11H,1-2H3,(H,25,29). The summed E-state index contributed by atoms with van der Waals surface area (Å²) in [5.74, 6) is 0.537. The number of benzene rings is 1. The van der Waals surface area contributed by atoms with Crippen molar-refractivity contribution in [3.05, 3.63) is 75.3 Å². The largest absolute Gasteiger partial charge is 0.360 e. The second-order valence-corrected chi connectivity index (χ2v) is 9.16. The molecule has 4 aromatic heterocycles. The molecule has 0 fully saturated rings. The molecule has 1 aromatic carbocycles. The minimum Gasteiger partial charge on any atom is -0.360 e. The van der Waals surface area contributed by atoms with Crippen molar-refractivity contribution in [1.82, 2.24) is 19.9 Å². The van der Waals surface area contributed by atoms with E-state index in [2.05, 4.69) is 15.6 Å². The molecule has 5 aromatic rings. The van der Waals surface area contributed by atoms with E-state index in [9.17, 15) is 4.79 Å². The number of amides is 1. The first-order valence-corrected chi connectivity index (χ1v) is 11.7. The highest BCUT2D eigenvalue weighted by Gasteiger charge is 2.24. The molecule has 10 heteroatoms. The van der Waals surface area contributed by atoms with Gasteiger partial charge in [-0.25, -0.2) is 4.98 Å². The number of anilines is 1. The predicted octanol–water partition coefficient (Wildman–Crippen LogP) is 6.23. The molecule has 0 bridgehead atoms. The van der Waals surface area contributed by atoms with Gasteiger partial charge in [-0.1, -0.05) is 41.0 Å². The molecule has 1 amide bonds. The third-order valence-corrected chi connectivity index (χ3v) is 6.78. The van der Waals surface area contributed by atoms with E-state index in [1.165, 1.54) is 11.3 Å². The molecule has 7 nitrogen and oxygen atoms in total. The number of nitrogens with one attached hydrogen (secondary N) is 1. The van der Waals surface area contributed by atoms with E-state index in [0.717, 1.165) is 16.3 Å². The van der Waals surface area contributed by atoms with E-state index in [1.807, 2.05) is 41.9 Å². The quantitative estimate of drug-likeness (QED) is 0.321. The van der Waals surface area contributed by atoms with E-state index in [0.29, 0.717) is 38.6 Å². The van der Waals surface area contributed by atoms with Crippen molar-refractivity contribution < 1.29 is 9.32 Å². The van der Waals surface area contributed by atoms with Gasteiger partial charge >= 0.3 is 0 Å². The second-order valence-electron chi connectivity index (χ2n) is 6.97. The number of aryl methyl sites for hydroxylation is 2. The van der Waals surface area contributed by atoms with Crippen molar-refractivity contribution in [2.45, 2.75) is 13.8 Å². The minimum atomic E-state index is -0.366. The molecule has 0 aliphatic rings. The number of halogens is 1. The van der Waals surface area contributed by atoms with Crippen LogP contribution in [0.4, 0.5) is 5.82 Å². The van der Waals surface area contributed by atoms with Gasteiger partial charge in [0, 0.05) is 17.0 Å². The molecule has 0 saturated carbocycles. The summed E-state index contributed by atoms with van der Waals surface area (Å²) in [6.07, 6.45) is 0. The van der Waals surface area contributed by atoms with Crippen molar-refractivity contribution in [2.75, 3.05) is 5.32 Å². The first-order chi connectivity index (χ1) is 15.5. The minimum absolute atomic E-state index is 0.321. The average molecular weight is 482 g/mol. The van der Waals surface area contributed by atoms with Crippen molar-refractivity contribution in [1.29, 1.82) is 0 Å². The van der Waals surface area contributed by atoms with Crippen molar-refractivity contribution in [2.24, 2.45) is 0 Å². The Labute approximate surface area is 196 Å². The van der Waals surface area contributed by atoms with Crippen molar-refractivity contribution in [3.8, 4) is 27.0 Å². The topological polar surface area (TPSA) is 85.8 Å². The van der Waals surface area contributed by atoms with Crippen molar-refractivity contribution in [3.63, 3.8) is 0 Å². The van der Waals surface area contributed by atoms with Gasteiger partial charge in [0.2, 0.25) is 5.13 Å². The lowest BCUT2D eigenvalue weighted by Gasteiger charge is -2.07. The van der Waals surface area contributed by atoms with Gasteiger partial charge in [0.25, 0.3) is 5.91 Å². The average Bonchev–Trinajstić information content (AvgIpc) is 3.55. The molecule has 32 heavy (non-hydrogen) atoms. The van der Waals surface area contributed by atoms with E-state index in [1.54, 1.807) is 41.1 Å². The Hall–Kier alpha value is -3.27. The molecule has 0 aliphatic heterocycles. The highest BCUT2D eigenvalue weighted by molar-refractivity contribution is 7.15. The molecule has 0 radical (unpaired) electrons. The van der Waals surface area contributed by atoms with Crippen LogP contribution in [0.25, 0.3) is 27.0 Å². The first kappa shape index (κ1) is 20.6. The lowest BCUT2D eigenvalue weighted by Crippen LogP contribution is -2.16. The van der Waals surface area contributed by atoms with Gasteiger partial charge < -0.3 is 9.84 Å². The summed E-state index contributed by atoms with van der Waals surface area (Å²) in [6, 6.07) is 13.0. The molecule has 0 atom stereocenters. The monoisotopic (exact) mass is 481 g/mol. The van der Waals surface area contributed by atoms with E-state index >= 15 is 0 Å². The Kier molecular flexibility index (Phi) is 5.38. The van der Waals surface area contributed by atoms with Crippen LogP contribution in [-0.4, -0.2) is 25.8 Å². The number of thiophene rings is 1. The molecular formula is C22H16ClN5O2S2. The Balaban J connectivity index is 1.49. The Bertz CT molecular complexity index is 1420. The summed E-state index contributed by atoms with van der Waals surface area (Å²) in [5, 5.41) is 16.7. The zero-order valence-corrected chi connectivity index (χ0v) is 19.4. The van der Waals surface area contributed by atoms with E-state index in [-0.39, 0.29) is 5.91 Å². The fraction of sp³-hybridized carbons (Fsp3) is 0.0909. The number of carbonyl (C=O) groups is 1. The number of aromatic nitrogens is 4. The maximum Gasteiger partial charge on any atom is 0.262 e. The Morgan fingerprint density at radius 1 is 1.16 bits per heavy atom. The molecule has 0 unspecified atom stereocenters. The number of carbonyl (C=O) groups excluding carboxylic acids is 1. The molecule has 5 rings (SSSR count). The number of nitrogens with zero attached hydrogens (tertiary/aromatic N) is 4. The lowest BCUT2D eigenvalue weighted by molar-refractivity contribution is 0.102. The maximum absolute atomic E-state index is 13.3. The Morgan fingerprint density at radius 2 is 2.00 bits per heavy atom. The summed E-state index contributed by atoms with van der Waals surface area (Å²) in [5.41, 5.74) is 2.97. The number of hydrogen-bond acceptors (Lipinski definition) is 7. The summed E-state index contributed by atoms with van der Waals surface area (Å²) in [7, 11) is 0. The van der Waals surface area contributed by atoms with Crippen molar-refractivity contribution >= 4 is 46.0 Å². The first-order valence-electron chi connectivity index (χ1n) is 9.60. The van der Waals surface area contributed by atoms with Gasteiger partial charge in [-0.3, -0.25) is 4.79 Å². The number of rotatable bonds is 5. The van der Waals surface area contributed by atoms with Crippen LogP contribution in [0.3, 0.4) is 0 Å². The molecule has 0 aliphatic carbocycles. The van der Waals surface area contributed by atoms with Crippen LogP contribution < -0.4 is 5.32 Å². The third kappa shape index (κ3) is 3.75. The zero-order chi connectivity index (χ0) is 22.2. The van der Waals surface area contributed by atoms with Gasteiger partial charge in [-0.05, 0) is 31.4 Å². The maximum atomic E-state index is 13.3. The fourth-order valence-corrected chi connectivity index (χ4v) is 5.06. The summed E-state index contributed by atoms with van der Waals surface area (Å²) in [6.45, 7) is 3.55. The van der Waals surface area contributed by atoms with Crippen LogP contribution in [0.1, 0.15) is 21.8 Å². The molecule has 0 saturated heterocycles. The lowest BCUT2D eigenvalue weighted by atomic mass is 10.1. The van der Waals surface area contributed by atoms with Gasteiger partial charge in [0.05, 0.1) is 21.3 Å². The van der Waals surface area contributed by atoms with Crippen LogP contribution in [0.15, 0.2) is 57.7 Å². The van der Waals surface area contributed by atoms with Gasteiger partial charge in [-0.15, -0.1) is 22.7 Å². The van der Waals surface area contributed by atoms with Crippen LogP contribution in [0, 0.1) is 13.8 Å². The summed E-state index contributed by atoms with van der Waals surface area (Å²) >= 11 is 9.40. The van der Waals surface area contributed by atoms with E-state index < -0.39 is 0 Å². The van der Waals surface area contributed by atoms with Crippen LogP contribution in [0.2, 0.25) is 5.02 Å². The number of hydrogen-bond donors (Lipinski definition) is 1. The van der Waals surface area contributed by atoms with Crippen LogP contribution in [-0.2, 0) is 0 Å². The molecule has 0 spiro atoms. The van der Waals surface area contributed by atoms with Gasteiger partial charge in [0.15, 0.2) is 0 Å². The number of thiazole rings is 1. The Morgan fingerprint density at radius 3 is 2.78 bits per heavy atom. The summed E-state index contributed by atoms with van der Waals surface area (Å²) in [4.78, 5) is 19.0. The summed E-state index contributed by atoms with van der Waals surface area (Å²) < 4.78 is 6.96. The molecular weight excluding hydrogens is 466 g/mol. The highest BCUT2D eigenvalue weighted by atomic mass is 35.5. The SMILES string of the molecule is Cc1cc(NC(=O)c2c(-c3ccccc3Cl)noc2C)n(-c2nc(-c3cccs3)cs2)n1. The van der Waals surface area contributed by atoms with Gasteiger partial charge in [0.1, 0.15) is 22.8 Å². The van der Waals surface area contributed by atoms with Crippen LogP contribution >= 0.6 is 34.3 Å². The second kappa shape index (κ2) is 8.34. The molecule has 4 heterocycles. The van der Waals surface area contributed by atoms with Crippen LogP contribution in [0.5, 0.6) is 0 Å². The molecule has 1 N–H and O–H groups in total. The highest BCUT2D eigenvalue weighted by Crippen LogP contribution is 2.32. The van der Waals surface area contributed by atoms with E-state index in [4.69, 9.17) is 21.1 Å². The smallest absolute Gasteiger partial charge is 0.262 e. The third-order valence-electron chi connectivity index (χ3n) is 4.74. The fourth-order valence-electron chi connectivity index (χ4n) is 3.29. The predicted molar refractivity (Wildman–Crippen MR) is 127 cm³/mol. The van der Waals surface area contributed by atoms with Gasteiger partial charge in [-0.2, -0.15) is 9.78 Å². The molecule has 160 valence electrons.